The summed E-state index contributed by atoms with van der Waals surface area (Å²) < 4.78 is 0. The maximum atomic E-state index is 4.93. The van der Waals surface area contributed by atoms with Crippen molar-refractivity contribution in [1.82, 2.24) is 0 Å². The third-order valence-electron chi connectivity index (χ3n) is 2.90. The van der Waals surface area contributed by atoms with E-state index in [0.717, 1.165) is 0 Å². The van der Waals surface area contributed by atoms with Crippen LogP contribution in [0, 0.1) is 13.5 Å². The summed E-state index contributed by atoms with van der Waals surface area (Å²) in [5, 5.41) is 5.41. The van der Waals surface area contributed by atoms with Crippen molar-refractivity contribution >= 4 is 38.6 Å². The Balaban J connectivity index is 0.000000270. The van der Waals surface area contributed by atoms with E-state index in [-0.39, 0.29) is 0 Å². The van der Waals surface area contributed by atoms with Crippen LogP contribution in [0.25, 0.3) is 21.5 Å². The van der Waals surface area contributed by atoms with Crippen molar-refractivity contribution in [2.75, 3.05) is 0 Å². The summed E-state index contributed by atoms with van der Waals surface area (Å²) in [5.74, 6) is 0. The third kappa shape index (κ3) is 5.51. The van der Waals surface area contributed by atoms with E-state index in [1.807, 2.05) is 0 Å². The molecule has 3 heteroatoms. The Hall–Kier alpha value is -0.747. The standard InChI is InChI=1S/C14H11.C4H5.2ClH.Zr/c1-10-8-12-7-6-11-4-2-3-5-13(11)14(12)9-10;1-3-4-2;;;/h2-9H,1H3;1,3-4H,2H2;2*1H;/q2*-1;;;+4/p-2. The van der Waals surface area contributed by atoms with E-state index in [4.69, 9.17) is 23.6 Å². The monoisotopic (exact) mass is 392 g/mol. The van der Waals surface area contributed by atoms with Crippen LogP contribution in [-0.2, 0) is 20.8 Å². The van der Waals surface area contributed by atoms with Crippen LogP contribution in [0.3, 0.4) is 0 Å². The molecule has 0 heterocycles. The maximum absolute atomic E-state index is 4.93. The molecule has 0 bridgehead atoms. The van der Waals surface area contributed by atoms with Gasteiger partial charge in [-0.15, -0.1) is 28.5 Å². The summed E-state index contributed by atoms with van der Waals surface area (Å²) >= 11 is -0.826. The van der Waals surface area contributed by atoms with Gasteiger partial charge in [-0.3, -0.25) is 6.58 Å². The normalized spacial score (nSPS) is 8.90. The molecule has 0 spiro atoms. The molecule has 3 rings (SSSR count). The Labute approximate surface area is 145 Å². The average molecular weight is 394 g/mol. The molecule has 21 heavy (non-hydrogen) atoms. The average Bonchev–Trinajstić information content (AvgIpc) is 2.89. The third-order valence-corrected chi connectivity index (χ3v) is 2.90. The molecular formula is C18H16Cl2Zr. The quantitative estimate of drug-likeness (QED) is 0.324. The Kier molecular flexibility index (Phi) is 8.77. The van der Waals surface area contributed by atoms with Crippen molar-refractivity contribution in [3.63, 3.8) is 0 Å². The molecule has 106 valence electrons. The minimum absolute atomic E-state index is 0.826. The van der Waals surface area contributed by atoms with Gasteiger partial charge in [0.2, 0.25) is 0 Å². The van der Waals surface area contributed by atoms with E-state index in [1.54, 1.807) is 0 Å². The first-order chi connectivity index (χ1) is 10.2. The van der Waals surface area contributed by atoms with Crippen LogP contribution >= 0.6 is 17.0 Å². The number of rotatable bonds is 1. The van der Waals surface area contributed by atoms with Gasteiger partial charge in [-0.2, -0.15) is 12.6 Å². The molecule has 0 atom stereocenters. The van der Waals surface area contributed by atoms with E-state index >= 15 is 0 Å². The number of aryl methyl sites for hydroxylation is 1. The second-order valence-electron chi connectivity index (χ2n) is 4.32. The topological polar surface area (TPSA) is 0 Å². The molecule has 0 saturated carbocycles. The summed E-state index contributed by atoms with van der Waals surface area (Å²) in [7, 11) is 9.87. The number of allylic oxidation sites excluding steroid dienone is 2. The molecule has 3 aromatic rings. The van der Waals surface area contributed by atoms with Crippen molar-refractivity contribution in [3.8, 4) is 0 Å². The van der Waals surface area contributed by atoms with E-state index in [2.05, 4.69) is 62.0 Å². The van der Waals surface area contributed by atoms with Gasteiger partial charge >= 0.3 is 37.9 Å². The van der Waals surface area contributed by atoms with Crippen LogP contribution in [0.1, 0.15) is 5.56 Å². The van der Waals surface area contributed by atoms with E-state index in [9.17, 15) is 0 Å². The van der Waals surface area contributed by atoms with Crippen molar-refractivity contribution in [1.29, 1.82) is 0 Å². The SMILES string of the molecule is Cc1cc2ccc3ccccc3c2[cH-]1.[CH-]=CC=C.[Cl][Zr+2][Cl]. The second kappa shape index (κ2) is 10.1. The van der Waals surface area contributed by atoms with Gasteiger partial charge in [0.05, 0.1) is 0 Å². The van der Waals surface area contributed by atoms with Crippen LogP contribution in [0.5, 0.6) is 0 Å². The number of hydrogen-bond acceptors (Lipinski definition) is 0. The van der Waals surface area contributed by atoms with E-state index < -0.39 is 20.8 Å². The fourth-order valence-corrected chi connectivity index (χ4v) is 2.11. The Morgan fingerprint density at radius 2 is 1.71 bits per heavy atom. The van der Waals surface area contributed by atoms with Gasteiger partial charge in [0.1, 0.15) is 0 Å². The molecule has 0 aliphatic carbocycles. The summed E-state index contributed by atoms with van der Waals surface area (Å²) in [6, 6.07) is 17.4. The van der Waals surface area contributed by atoms with Crippen molar-refractivity contribution in [2.45, 2.75) is 6.92 Å². The van der Waals surface area contributed by atoms with Gasteiger partial charge in [0.15, 0.2) is 0 Å². The van der Waals surface area contributed by atoms with Gasteiger partial charge in [0.25, 0.3) is 0 Å². The van der Waals surface area contributed by atoms with Gasteiger partial charge in [-0.05, 0) is 0 Å². The predicted octanol–water partition coefficient (Wildman–Crippen LogP) is 6.56. The minimum atomic E-state index is -0.826. The Bertz CT molecular complexity index is 707. The summed E-state index contributed by atoms with van der Waals surface area (Å²) in [4.78, 5) is 0. The second-order valence-corrected chi connectivity index (χ2v) is 8.05. The molecule has 3 aromatic carbocycles. The van der Waals surface area contributed by atoms with Gasteiger partial charge in [-0.1, -0.05) is 48.0 Å². The molecule has 0 amide bonds. The first-order valence-corrected chi connectivity index (χ1v) is 12.7. The first kappa shape index (κ1) is 18.3. The van der Waals surface area contributed by atoms with Gasteiger partial charge in [-0.25, -0.2) is 12.2 Å². The Morgan fingerprint density at radius 3 is 2.33 bits per heavy atom. The van der Waals surface area contributed by atoms with Crippen LogP contribution in [-0.4, -0.2) is 0 Å². The van der Waals surface area contributed by atoms with Crippen molar-refractivity contribution in [3.05, 3.63) is 79.4 Å². The molecule has 0 saturated heterocycles. The zero-order valence-corrected chi connectivity index (χ0v) is 15.8. The fourth-order valence-electron chi connectivity index (χ4n) is 2.11. The van der Waals surface area contributed by atoms with Crippen LogP contribution in [0.4, 0.5) is 0 Å². The molecule has 0 aliphatic rings. The number of benzene rings is 2. The number of hydrogen-bond donors (Lipinski definition) is 0. The van der Waals surface area contributed by atoms with Crippen LogP contribution in [0.15, 0.2) is 67.3 Å². The summed E-state index contributed by atoms with van der Waals surface area (Å²) in [5.41, 5.74) is 1.34. The van der Waals surface area contributed by atoms with Crippen LogP contribution < -0.4 is 0 Å². The van der Waals surface area contributed by atoms with Gasteiger partial charge in [0, 0.05) is 0 Å². The predicted molar refractivity (Wildman–Crippen MR) is 92.6 cm³/mol. The number of halogens is 2. The van der Waals surface area contributed by atoms with Gasteiger partial charge < -0.3 is 0 Å². The van der Waals surface area contributed by atoms with E-state index in [0.29, 0.717) is 0 Å². The molecule has 0 aromatic heterocycles. The molecule has 0 N–H and O–H groups in total. The molecular weight excluding hydrogens is 378 g/mol. The number of fused-ring (bicyclic) bond motifs is 3. The molecule has 0 fully saturated rings. The zero-order chi connectivity index (χ0) is 15.7. The van der Waals surface area contributed by atoms with Crippen LogP contribution in [0.2, 0.25) is 0 Å². The molecule has 0 nitrogen and oxygen atoms in total. The molecule has 0 aliphatic heterocycles. The molecule has 0 unspecified atom stereocenters. The fraction of sp³-hybridized carbons (Fsp3) is 0.0556. The Morgan fingerprint density at radius 1 is 1.14 bits per heavy atom. The molecule has 0 radical (unpaired) electrons. The zero-order valence-electron chi connectivity index (χ0n) is 11.8. The van der Waals surface area contributed by atoms with Crippen molar-refractivity contribution in [2.24, 2.45) is 0 Å². The van der Waals surface area contributed by atoms with Crippen molar-refractivity contribution < 1.29 is 20.8 Å². The van der Waals surface area contributed by atoms with E-state index in [1.165, 1.54) is 39.3 Å². The summed E-state index contributed by atoms with van der Waals surface area (Å²) in [6.07, 6.45) is 2.92. The summed E-state index contributed by atoms with van der Waals surface area (Å²) in [6.45, 7) is 10.2. The first-order valence-electron chi connectivity index (χ1n) is 6.35.